The summed E-state index contributed by atoms with van der Waals surface area (Å²) in [5, 5.41) is 9.41. The van der Waals surface area contributed by atoms with Crippen molar-refractivity contribution >= 4 is 11.4 Å². The van der Waals surface area contributed by atoms with Crippen LogP contribution in [-0.4, -0.2) is 5.11 Å². The number of rotatable bonds is 4. The summed E-state index contributed by atoms with van der Waals surface area (Å²) in [5.41, 5.74) is 3.45. The summed E-state index contributed by atoms with van der Waals surface area (Å²) in [5.74, 6) is 0.296. The number of benzene rings is 3. The van der Waals surface area contributed by atoms with Gasteiger partial charge in [0, 0.05) is 17.9 Å². The van der Waals surface area contributed by atoms with Gasteiger partial charge in [-0.1, -0.05) is 48.5 Å². The van der Waals surface area contributed by atoms with Crippen LogP contribution in [0.25, 0.3) is 0 Å². The van der Waals surface area contributed by atoms with E-state index < -0.39 is 0 Å². The largest absolute Gasteiger partial charge is 0.508 e. The highest BCUT2D eigenvalue weighted by Crippen LogP contribution is 2.27. The van der Waals surface area contributed by atoms with Gasteiger partial charge >= 0.3 is 0 Å². The monoisotopic (exact) mass is 275 g/mol. The lowest BCUT2D eigenvalue weighted by Gasteiger charge is -2.25. The van der Waals surface area contributed by atoms with Gasteiger partial charge in [0.25, 0.3) is 0 Å². The van der Waals surface area contributed by atoms with E-state index in [4.69, 9.17) is 0 Å². The fraction of sp³-hybridized carbons (Fsp3) is 0.0526. The van der Waals surface area contributed by atoms with Crippen LogP contribution in [0.5, 0.6) is 5.75 Å². The Balaban J connectivity index is 1.95. The molecule has 104 valence electrons. The Hall–Kier alpha value is -2.74. The van der Waals surface area contributed by atoms with Crippen molar-refractivity contribution in [2.45, 2.75) is 6.54 Å². The average molecular weight is 275 g/mol. The first kappa shape index (κ1) is 13.3. The van der Waals surface area contributed by atoms with Crippen molar-refractivity contribution in [3.8, 4) is 5.75 Å². The second-order valence-electron chi connectivity index (χ2n) is 4.92. The van der Waals surface area contributed by atoms with Crippen molar-refractivity contribution < 1.29 is 5.11 Å². The summed E-state index contributed by atoms with van der Waals surface area (Å²) in [6, 6.07) is 28.0. The number of phenolic OH excluding ortho intramolecular Hbond substituents is 1. The molecule has 0 atom stereocenters. The van der Waals surface area contributed by atoms with Gasteiger partial charge in [0.05, 0.1) is 0 Å². The predicted molar refractivity (Wildman–Crippen MR) is 86.8 cm³/mol. The van der Waals surface area contributed by atoms with Crippen molar-refractivity contribution in [3.05, 3.63) is 90.5 Å². The smallest absolute Gasteiger partial charge is 0.115 e. The van der Waals surface area contributed by atoms with E-state index in [1.54, 1.807) is 12.1 Å². The number of para-hydroxylation sites is 2. The maximum Gasteiger partial charge on any atom is 0.115 e. The SMILES string of the molecule is Oc1ccc(CN(c2ccccc2)c2ccccc2)cc1. The lowest BCUT2D eigenvalue weighted by atomic mass is 10.1. The number of hydrogen-bond donors (Lipinski definition) is 1. The standard InChI is InChI=1S/C19H17NO/c21-19-13-11-16(12-14-19)15-20(17-7-3-1-4-8-17)18-9-5-2-6-10-18/h1-14,21H,15H2. The van der Waals surface area contributed by atoms with Gasteiger partial charge < -0.3 is 10.0 Å². The predicted octanol–water partition coefficient (Wildman–Crippen LogP) is 4.73. The molecule has 0 amide bonds. The molecule has 3 aromatic rings. The molecule has 0 aliphatic rings. The van der Waals surface area contributed by atoms with Crippen molar-refractivity contribution in [1.29, 1.82) is 0 Å². The molecule has 1 N–H and O–H groups in total. The maximum atomic E-state index is 9.41. The number of hydrogen-bond acceptors (Lipinski definition) is 2. The summed E-state index contributed by atoms with van der Waals surface area (Å²) < 4.78 is 0. The topological polar surface area (TPSA) is 23.5 Å². The minimum absolute atomic E-state index is 0.296. The van der Waals surface area contributed by atoms with Gasteiger partial charge in [0.2, 0.25) is 0 Å². The molecule has 0 heterocycles. The van der Waals surface area contributed by atoms with Crippen LogP contribution in [0, 0.1) is 0 Å². The normalized spacial score (nSPS) is 10.3. The third-order valence-electron chi connectivity index (χ3n) is 3.41. The Kier molecular flexibility index (Phi) is 3.88. The van der Waals surface area contributed by atoms with E-state index in [2.05, 4.69) is 29.2 Å². The van der Waals surface area contributed by atoms with Crippen LogP contribution in [0.15, 0.2) is 84.9 Å². The van der Waals surface area contributed by atoms with Crippen LogP contribution in [-0.2, 0) is 6.54 Å². The van der Waals surface area contributed by atoms with E-state index >= 15 is 0 Å². The Morgan fingerprint density at radius 3 is 1.57 bits per heavy atom. The van der Waals surface area contributed by atoms with Crippen LogP contribution in [0.3, 0.4) is 0 Å². The van der Waals surface area contributed by atoms with Gasteiger partial charge in [-0.2, -0.15) is 0 Å². The van der Waals surface area contributed by atoms with Crippen LogP contribution in [0.1, 0.15) is 5.56 Å². The molecule has 3 aromatic carbocycles. The van der Waals surface area contributed by atoms with Crippen molar-refractivity contribution in [2.75, 3.05) is 4.90 Å². The van der Waals surface area contributed by atoms with Gasteiger partial charge in [0.15, 0.2) is 0 Å². The number of anilines is 2. The first-order chi connectivity index (χ1) is 10.3. The number of phenols is 1. The molecule has 3 rings (SSSR count). The first-order valence-electron chi connectivity index (χ1n) is 6.98. The van der Waals surface area contributed by atoms with E-state index in [1.165, 1.54) is 0 Å². The summed E-state index contributed by atoms with van der Waals surface area (Å²) in [6.45, 7) is 0.758. The fourth-order valence-corrected chi connectivity index (χ4v) is 2.33. The van der Waals surface area contributed by atoms with E-state index in [0.29, 0.717) is 5.75 Å². The highest BCUT2D eigenvalue weighted by molar-refractivity contribution is 5.63. The first-order valence-corrected chi connectivity index (χ1v) is 6.98. The Bertz CT molecular complexity index is 638. The van der Waals surface area contributed by atoms with Gasteiger partial charge in [0.1, 0.15) is 5.75 Å². The molecule has 0 bridgehead atoms. The molecule has 0 saturated heterocycles. The molecule has 0 spiro atoms. The van der Waals surface area contributed by atoms with E-state index in [0.717, 1.165) is 23.5 Å². The quantitative estimate of drug-likeness (QED) is 0.744. The zero-order valence-corrected chi connectivity index (χ0v) is 11.7. The average Bonchev–Trinajstić information content (AvgIpc) is 2.56. The van der Waals surface area contributed by atoms with Crippen LogP contribution < -0.4 is 4.90 Å². The van der Waals surface area contributed by atoms with Crippen molar-refractivity contribution in [3.63, 3.8) is 0 Å². The zero-order chi connectivity index (χ0) is 14.5. The molecule has 0 aliphatic carbocycles. The second-order valence-corrected chi connectivity index (χ2v) is 4.92. The number of nitrogens with zero attached hydrogens (tertiary/aromatic N) is 1. The fourth-order valence-electron chi connectivity index (χ4n) is 2.33. The Morgan fingerprint density at radius 1 is 0.619 bits per heavy atom. The van der Waals surface area contributed by atoms with Crippen molar-refractivity contribution in [1.82, 2.24) is 0 Å². The van der Waals surface area contributed by atoms with Gasteiger partial charge in [-0.15, -0.1) is 0 Å². The molecule has 21 heavy (non-hydrogen) atoms. The summed E-state index contributed by atoms with van der Waals surface area (Å²) in [6.07, 6.45) is 0. The number of aromatic hydroxyl groups is 1. The lowest BCUT2D eigenvalue weighted by molar-refractivity contribution is 0.475. The van der Waals surface area contributed by atoms with E-state index in [-0.39, 0.29) is 0 Å². The molecule has 2 heteroatoms. The summed E-state index contributed by atoms with van der Waals surface area (Å²) >= 11 is 0. The molecule has 0 radical (unpaired) electrons. The van der Waals surface area contributed by atoms with Gasteiger partial charge in [-0.05, 0) is 42.0 Å². The molecule has 0 saturated carbocycles. The molecular formula is C19H17NO. The zero-order valence-electron chi connectivity index (χ0n) is 11.7. The van der Waals surface area contributed by atoms with Crippen LogP contribution in [0.2, 0.25) is 0 Å². The highest BCUT2D eigenvalue weighted by Gasteiger charge is 2.09. The molecule has 0 aliphatic heterocycles. The van der Waals surface area contributed by atoms with Gasteiger partial charge in [-0.25, -0.2) is 0 Å². The molecule has 2 nitrogen and oxygen atoms in total. The molecular weight excluding hydrogens is 258 g/mol. The minimum atomic E-state index is 0.296. The third kappa shape index (κ3) is 3.23. The van der Waals surface area contributed by atoms with Crippen LogP contribution >= 0.6 is 0 Å². The molecule has 0 aromatic heterocycles. The highest BCUT2D eigenvalue weighted by atomic mass is 16.3. The van der Waals surface area contributed by atoms with Crippen molar-refractivity contribution in [2.24, 2.45) is 0 Å². The van der Waals surface area contributed by atoms with E-state index in [9.17, 15) is 5.11 Å². The Morgan fingerprint density at radius 2 is 1.10 bits per heavy atom. The molecule has 0 fully saturated rings. The Labute approximate surface area is 124 Å². The van der Waals surface area contributed by atoms with E-state index in [1.807, 2.05) is 48.5 Å². The van der Waals surface area contributed by atoms with Gasteiger partial charge in [-0.3, -0.25) is 0 Å². The third-order valence-corrected chi connectivity index (χ3v) is 3.41. The van der Waals surface area contributed by atoms with Crippen LogP contribution in [0.4, 0.5) is 11.4 Å². The summed E-state index contributed by atoms with van der Waals surface area (Å²) in [7, 11) is 0. The molecule has 0 unspecified atom stereocenters. The maximum absolute atomic E-state index is 9.41. The minimum Gasteiger partial charge on any atom is -0.508 e. The second kappa shape index (κ2) is 6.14. The summed E-state index contributed by atoms with van der Waals surface area (Å²) in [4.78, 5) is 2.26. The lowest BCUT2D eigenvalue weighted by Crippen LogP contribution is -2.16.